The van der Waals surface area contributed by atoms with Crippen LogP contribution < -0.4 is 15.9 Å². The fourth-order valence-corrected chi connectivity index (χ4v) is 3.16. The van der Waals surface area contributed by atoms with E-state index in [2.05, 4.69) is 28.2 Å². The number of anilines is 1. The average molecular weight is 274 g/mol. The van der Waals surface area contributed by atoms with Crippen LogP contribution >= 0.6 is 0 Å². The molecular formula is C15H22N4O. The first kappa shape index (κ1) is 13.2. The molecule has 0 aliphatic carbocycles. The second-order valence-corrected chi connectivity index (χ2v) is 5.72. The molecule has 1 saturated heterocycles. The molecule has 0 bridgehead atoms. The predicted molar refractivity (Wildman–Crippen MR) is 82.6 cm³/mol. The summed E-state index contributed by atoms with van der Waals surface area (Å²) in [5, 5.41) is 3.35. The van der Waals surface area contributed by atoms with Gasteiger partial charge in [-0.05, 0) is 44.5 Å². The van der Waals surface area contributed by atoms with Gasteiger partial charge in [-0.3, -0.25) is 4.57 Å². The molecule has 0 amide bonds. The van der Waals surface area contributed by atoms with Crippen molar-refractivity contribution in [2.75, 3.05) is 25.0 Å². The molecular weight excluding hydrogens is 252 g/mol. The molecule has 0 unspecified atom stereocenters. The zero-order valence-electron chi connectivity index (χ0n) is 12.4. The third-order valence-corrected chi connectivity index (χ3v) is 4.36. The second kappa shape index (κ2) is 4.98. The normalized spacial score (nSPS) is 17.1. The van der Waals surface area contributed by atoms with Crippen molar-refractivity contribution in [2.24, 2.45) is 7.05 Å². The monoisotopic (exact) mass is 274 g/mol. The largest absolute Gasteiger partial charge is 0.370 e. The van der Waals surface area contributed by atoms with Crippen molar-refractivity contribution >= 4 is 16.7 Å². The maximum Gasteiger partial charge on any atom is 0.326 e. The standard InChI is InChI=1S/C15H22N4O/c1-10-8-12-14(18(3)15(20)17-12)13(9-10)19-6-4-11(16-2)5-7-19/h8-9,11,16H,4-7H2,1-3H3,(H,17,20). The van der Waals surface area contributed by atoms with Crippen molar-refractivity contribution in [3.05, 3.63) is 28.2 Å². The first-order valence-corrected chi connectivity index (χ1v) is 7.21. The number of aryl methyl sites for hydroxylation is 2. The molecule has 2 heterocycles. The van der Waals surface area contributed by atoms with Crippen molar-refractivity contribution in [3.63, 3.8) is 0 Å². The first-order valence-electron chi connectivity index (χ1n) is 7.21. The Labute approximate surface area is 118 Å². The van der Waals surface area contributed by atoms with Crippen LogP contribution in [0.1, 0.15) is 18.4 Å². The van der Waals surface area contributed by atoms with Gasteiger partial charge < -0.3 is 15.2 Å². The zero-order chi connectivity index (χ0) is 14.3. The lowest BCUT2D eigenvalue weighted by Crippen LogP contribution is -2.41. The van der Waals surface area contributed by atoms with Gasteiger partial charge in [-0.15, -0.1) is 0 Å². The van der Waals surface area contributed by atoms with Crippen LogP contribution in [0, 0.1) is 6.92 Å². The smallest absolute Gasteiger partial charge is 0.326 e. The highest BCUT2D eigenvalue weighted by atomic mass is 16.1. The van der Waals surface area contributed by atoms with E-state index >= 15 is 0 Å². The quantitative estimate of drug-likeness (QED) is 0.869. The van der Waals surface area contributed by atoms with Crippen LogP contribution in [0.5, 0.6) is 0 Å². The Balaban J connectivity index is 2.05. The summed E-state index contributed by atoms with van der Waals surface area (Å²) >= 11 is 0. The number of aromatic nitrogens is 2. The lowest BCUT2D eigenvalue weighted by Gasteiger charge is -2.34. The SMILES string of the molecule is CNC1CCN(c2cc(C)cc3[nH]c(=O)n(C)c23)CC1. The summed E-state index contributed by atoms with van der Waals surface area (Å²) in [7, 11) is 3.86. The van der Waals surface area contributed by atoms with Gasteiger partial charge in [-0.1, -0.05) is 0 Å². The van der Waals surface area contributed by atoms with Crippen molar-refractivity contribution < 1.29 is 0 Å². The molecule has 3 rings (SSSR count). The minimum Gasteiger partial charge on any atom is -0.370 e. The molecule has 2 aromatic rings. The molecule has 20 heavy (non-hydrogen) atoms. The van der Waals surface area contributed by atoms with Gasteiger partial charge in [0.1, 0.15) is 0 Å². The zero-order valence-corrected chi connectivity index (χ0v) is 12.4. The number of benzene rings is 1. The number of fused-ring (bicyclic) bond motifs is 1. The molecule has 0 spiro atoms. The fraction of sp³-hybridized carbons (Fsp3) is 0.533. The number of nitrogens with one attached hydrogen (secondary N) is 2. The van der Waals surface area contributed by atoms with Crippen LogP contribution in [-0.4, -0.2) is 35.7 Å². The number of imidazole rings is 1. The van der Waals surface area contributed by atoms with E-state index in [9.17, 15) is 4.79 Å². The van der Waals surface area contributed by atoms with E-state index < -0.39 is 0 Å². The summed E-state index contributed by atoms with van der Waals surface area (Å²) in [4.78, 5) is 17.2. The van der Waals surface area contributed by atoms with Gasteiger partial charge >= 0.3 is 5.69 Å². The maximum absolute atomic E-state index is 11.9. The fourth-order valence-electron chi connectivity index (χ4n) is 3.16. The molecule has 108 valence electrons. The van der Waals surface area contributed by atoms with Crippen molar-refractivity contribution in [2.45, 2.75) is 25.8 Å². The average Bonchev–Trinajstić information content (AvgIpc) is 2.73. The van der Waals surface area contributed by atoms with Crippen LogP contribution in [0.4, 0.5) is 5.69 Å². The minimum absolute atomic E-state index is 0.0445. The second-order valence-electron chi connectivity index (χ2n) is 5.72. The van der Waals surface area contributed by atoms with Crippen LogP contribution in [0.25, 0.3) is 11.0 Å². The van der Waals surface area contributed by atoms with Gasteiger partial charge in [0.05, 0.1) is 16.7 Å². The molecule has 1 fully saturated rings. The molecule has 0 saturated carbocycles. The number of H-pyrrole nitrogens is 1. The Morgan fingerprint density at radius 1 is 1.30 bits per heavy atom. The van der Waals surface area contributed by atoms with Crippen molar-refractivity contribution in [3.8, 4) is 0 Å². The number of hydrogen-bond donors (Lipinski definition) is 2. The molecule has 5 heteroatoms. The Hall–Kier alpha value is -1.75. The van der Waals surface area contributed by atoms with Gasteiger partial charge in [-0.25, -0.2) is 4.79 Å². The van der Waals surface area contributed by atoms with Crippen molar-refractivity contribution in [1.82, 2.24) is 14.9 Å². The van der Waals surface area contributed by atoms with E-state index in [-0.39, 0.29) is 5.69 Å². The number of aromatic amines is 1. The van der Waals surface area contributed by atoms with E-state index in [1.54, 1.807) is 4.57 Å². The molecule has 2 N–H and O–H groups in total. The number of nitrogens with zero attached hydrogens (tertiary/aromatic N) is 2. The van der Waals surface area contributed by atoms with Gasteiger partial charge in [0.15, 0.2) is 0 Å². The molecule has 5 nitrogen and oxygen atoms in total. The minimum atomic E-state index is -0.0445. The molecule has 1 aromatic carbocycles. The lowest BCUT2D eigenvalue weighted by molar-refractivity contribution is 0.443. The lowest BCUT2D eigenvalue weighted by atomic mass is 10.0. The summed E-state index contributed by atoms with van der Waals surface area (Å²) in [5.74, 6) is 0. The van der Waals surface area contributed by atoms with Gasteiger partial charge in [0.2, 0.25) is 0 Å². The highest BCUT2D eigenvalue weighted by Gasteiger charge is 2.21. The van der Waals surface area contributed by atoms with E-state index in [0.29, 0.717) is 6.04 Å². The summed E-state index contributed by atoms with van der Waals surface area (Å²) in [6.45, 7) is 4.14. The Morgan fingerprint density at radius 2 is 2.00 bits per heavy atom. The van der Waals surface area contributed by atoms with E-state index in [4.69, 9.17) is 0 Å². The highest BCUT2D eigenvalue weighted by molar-refractivity contribution is 5.90. The van der Waals surface area contributed by atoms with Crippen LogP contribution in [0.3, 0.4) is 0 Å². The molecule has 0 radical (unpaired) electrons. The van der Waals surface area contributed by atoms with Gasteiger partial charge in [-0.2, -0.15) is 0 Å². The van der Waals surface area contributed by atoms with Crippen molar-refractivity contribution in [1.29, 1.82) is 0 Å². The maximum atomic E-state index is 11.9. The summed E-state index contributed by atoms with van der Waals surface area (Å²) in [5.41, 5.74) is 4.27. The molecule has 1 aliphatic rings. The van der Waals surface area contributed by atoms with E-state index in [1.807, 2.05) is 20.2 Å². The van der Waals surface area contributed by atoms with Gasteiger partial charge in [0.25, 0.3) is 0 Å². The molecule has 1 aromatic heterocycles. The Bertz CT molecular complexity index is 677. The third kappa shape index (κ3) is 2.12. The topological polar surface area (TPSA) is 53.1 Å². The van der Waals surface area contributed by atoms with Crippen LogP contribution in [0.15, 0.2) is 16.9 Å². The van der Waals surface area contributed by atoms with E-state index in [0.717, 1.165) is 37.0 Å². The first-order chi connectivity index (χ1) is 9.60. The third-order valence-electron chi connectivity index (χ3n) is 4.36. The van der Waals surface area contributed by atoms with Crippen LogP contribution in [0.2, 0.25) is 0 Å². The Kier molecular flexibility index (Phi) is 3.30. The van der Waals surface area contributed by atoms with Crippen LogP contribution in [-0.2, 0) is 7.05 Å². The molecule has 1 aliphatic heterocycles. The summed E-state index contributed by atoms with van der Waals surface area (Å²) < 4.78 is 1.72. The Morgan fingerprint density at radius 3 is 2.65 bits per heavy atom. The predicted octanol–water partition coefficient (Wildman–Crippen LogP) is 1.36. The van der Waals surface area contributed by atoms with Gasteiger partial charge in [0, 0.05) is 26.2 Å². The van der Waals surface area contributed by atoms with E-state index in [1.165, 1.54) is 11.3 Å². The summed E-state index contributed by atoms with van der Waals surface area (Å²) in [6, 6.07) is 4.84. The summed E-state index contributed by atoms with van der Waals surface area (Å²) in [6.07, 6.45) is 2.29. The number of piperidine rings is 1. The highest BCUT2D eigenvalue weighted by Crippen LogP contribution is 2.28. The number of rotatable bonds is 2. The number of hydrogen-bond acceptors (Lipinski definition) is 3. The molecule has 0 atom stereocenters.